The lowest BCUT2D eigenvalue weighted by molar-refractivity contribution is -0.116. The number of anilines is 1. The molecule has 0 bridgehead atoms. The molecule has 0 aliphatic carbocycles. The first-order chi connectivity index (χ1) is 11.6. The number of carbonyl (C=O) groups is 1. The Bertz CT molecular complexity index is 882. The molecular formula is C19H22N4O. The van der Waals surface area contributed by atoms with E-state index in [1.807, 2.05) is 28.9 Å². The second kappa shape index (κ2) is 6.84. The third-order valence-electron chi connectivity index (χ3n) is 4.15. The number of carbonyl (C=O) groups excluding carboxylic acids is 1. The number of fused-ring (bicyclic) bond motifs is 1. The Morgan fingerprint density at radius 1 is 1.17 bits per heavy atom. The van der Waals surface area contributed by atoms with Gasteiger partial charge in [-0.05, 0) is 56.1 Å². The minimum atomic E-state index is -0.0192. The van der Waals surface area contributed by atoms with Gasteiger partial charge in [-0.3, -0.25) is 4.79 Å². The van der Waals surface area contributed by atoms with Crippen LogP contribution in [-0.4, -0.2) is 21.8 Å². The molecule has 0 spiro atoms. The van der Waals surface area contributed by atoms with Crippen molar-refractivity contribution in [3.05, 3.63) is 53.9 Å². The van der Waals surface area contributed by atoms with Gasteiger partial charge in [-0.25, -0.2) is 4.98 Å². The molecule has 3 rings (SSSR count). The molecule has 0 aliphatic heterocycles. The Morgan fingerprint density at radius 2 is 2.00 bits per heavy atom. The fourth-order valence-electron chi connectivity index (χ4n) is 2.59. The quantitative estimate of drug-likeness (QED) is 0.757. The fraction of sp³-hybridized carbons (Fsp3) is 0.263. The summed E-state index contributed by atoms with van der Waals surface area (Å²) in [6.45, 7) is 4.72. The van der Waals surface area contributed by atoms with Gasteiger partial charge < -0.3 is 15.5 Å². The zero-order valence-corrected chi connectivity index (χ0v) is 14.0. The van der Waals surface area contributed by atoms with Crippen LogP contribution in [0.15, 0.2) is 42.7 Å². The van der Waals surface area contributed by atoms with Crippen molar-refractivity contribution in [1.29, 1.82) is 0 Å². The van der Waals surface area contributed by atoms with Gasteiger partial charge in [-0.15, -0.1) is 0 Å². The minimum absolute atomic E-state index is 0.0192. The van der Waals surface area contributed by atoms with Crippen molar-refractivity contribution < 1.29 is 4.79 Å². The summed E-state index contributed by atoms with van der Waals surface area (Å²) in [5, 5.41) is 2.89. The molecule has 0 unspecified atom stereocenters. The number of rotatable bonds is 5. The smallest absolute Gasteiger partial charge is 0.224 e. The third kappa shape index (κ3) is 3.46. The average molecular weight is 322 g/mol. The Balaban J connectivity index is 1.86. The zero-order valence-electron chi connectivity index (χ0n) is 14.0. The third-order valence-corrected chi connectivity index (χ3v) is 4.15. The lowest BCUT2D eigenvalue weighted by Crippen LogP contribution is -2.13. The van der Waals surface area contributed by atoms with Crippen molar-refractivity contribution in [3.63, 3.8) is 0 Å². The molecule has 0 fully saturated rings. The predicted molar refractivity (Wildman–Crippen MR) is 97.0 cm³/mol. The van der Waals surface area contributed by atoms with Crippen LogP contribution >= 0.6 is 0 Å². The molecule has 124 valence electrons. The number of benzene rings is 1. The van der Waals surface area contributed by atoms with Crippen molar-refractivity contribution in [2.75, 3.05) is 11.9 Å². The van der Waals surface area contributed by atoms with E-state index < -0.39 is 0 Å². The van der Waals surface area contributed by atoms with E-state index in [2.05, 4.69) is 42.3 Å². The molecule has 3 aromatic rings. The van der Waals surface area contributed by atoms with Gasteiger partial charge in [0.25, 0.3) is 0 Å². The highest BCUT2D eigenvalue weighted by Gasteiger charge is 2.07. The van der Waals surface area contributed by atoms with Crippen molar-refractivity contribution in [3.8, 4) is 11.3 Å². The van der Waals surface area contributed by atoms with E-state index in [0.29, 0.717) is 19.4 Å². The molecule has 2 aromatic heterocycles. The van der Waals surface area contributed by atoms with Crippen LogP contribution in [0, 0.1) is 13.8 Å². The number of aromatic nitrogens is 2. The largest absolute Gasteiger partial charge is 0.330 e. The van der Waals surface area contributed by atoms with Crippen molar-refractivity contribution in [2.45, 2.75) is 26.7 Å². The molecule has 0 radical (unpaired) electrons. The number of nitrogens with zero attached hydrogens (tertiary/aromatic N) is 2. The maximum absolute atomic E-state index is 11.8. The van der Waals surface area contributed by atoms with E-state index in [4.69, 9.17) is 5.73 Å². The van der Waals surface area contributed by atoms with Crippen molar-refractivity contribution in [2.24, 2.45) is 5.73 Å². The summed E-state index contributed by atoms with van der Waals surface area (Å²) < 4.78 is 1.93. The molecule has 5 nitrogen and oxygen atoms in total. The molecule has 0 saturated carbocycles. The summed E-state index contributed by atoms with van der Waals surface area (Å²) in [6, 6.07) is 10.1. The van der Waals surface area contributed by atoms with Crippen LogP contribution in [-0.2, 0) is 4.79 Å². The second-order valence-electron chi connectivity index (χ2n) is 6.05. The summed E-state index contributed by atoms with van der Waals surface area (Å²) >= 11 is 0. The number of imidazole rings is 1. The number of hydrogen-bond acceptors (Lipinski definition) is 3. The Morgan fingerprint density at radius 3 is 2.75 bits per heavy atom. The topological polar surface area (TPSA) is 72.4 Å². The van der Waals surface area contributed by atoms with Crippen LogP contribution in [0.25, 0.3) is 16.9 Å². The van der Waals surface area contributed by atoms with Crippen molar-refractivity contribution in [1.82, 2.24) is 9.38 Å². The van der Waals surface area contributed by atoms with E-state index in [-0.39, 0.29) is 5.91 Å². The van der Waals surface area contributed by atoms with E-state index in [1.54, 1.807) is 0 Å². The first-order valence-corrected chi connectivity index (χ1v) is 8.13. The van der Waals surface area contributed by atoms with Gasteiger partial charge in [0.2, 0.25) is 5.91 Å². The standard InChI is InChI=1S/C19H22N4O/c1-13-5-6-15(10-14(13)2)17-12-23-11-16(7-8-18(23)22-17)21-19(24)4-3-9-20/h5-8,10-12H,3-4,9,20H2,1-2H3,(H,21,24). The van der Waals surface area contributed by atoms with Crippen LogP contribution in [0.5, 0.6) is 0 Å². The molecule has 2 heterocycles. The van der Waals surface area contributed by atoms with E-state index in [1.165, 1.54) is 11.1 Å². The number of aryl methyl sites for hydroxylation is 2. The highest BCUT2D eigenvalue weighted by molar-refractivity contribution is 5.90. The molecule has 3 N–H and O–H groups in total. The predicted octanol–water partition coefficient (Wildman–Crippen LogP) is 3.30. The van der Waals surface area contributed by atoms with Gasteiger partial charge in [0.1, 0.15) is 5.65 Å². The lowest BCUT2D eigenvalue weighted by Gasteiger charge is -2.05. The normalized spacial score (nSPS) is 11.0. The lowest BCUT2D eigenvalue weighted by atomic mass is 10.1. The maximum Gasteiger partial charge on any atom is 0.224 e. The summed E-state index contributed by atoms with van der Waals surface area (Å²) in [4.78, 5) is 16.5. The van der Waals surface area contributed by atoms with Gasteiger partial charge in [0.05, 0.1) is 11.4 Å². The highest BCUT2D eigenvalue weighted by atomic mass is 16.1. The molecular weight excluding hydrogens is 300 g/mol. The molecule has 1 aromatic carbocycles. The first-order valence-electron chi connectivity index (χ1n) is 8.13. The molecule has 24 heavy (non-hydrogen) atoms. The van der Waals surface area contributed by atoms with Gasteiger partial charge in [-0.2, -0.15) is 0 Å². The summed E-state index contributed by atoms with van der Waals surface area (Å²) in [7, 11) is 0. The Labute approximate surface area is 141 Å². The van der Waals surface area contributed by atoms with E-state index in [0.717, 1.165) is 22.6 Å². The van der Waals surface area contributed by atoms with Gasteiger partial charge in [-0.1, -0.05) is 12.1 Å². The summed E-state index contributed by atoms with van der Waals surface area (Å²) in [5.74, 6) is -0.0192. The average Bonchev–Trinajstić information content (AvgIpc) is 2.98. The first kappa shape index (κ1) is 16.2. The van der Waals surface area contributed by atoms with Crippen LogP contribution in [0.1, 0.15) is 24.0 Å². The molecule has 5 heteroatoms. The van der Waals surface area contributed by atoms with Gasteiger partial charge in [0, 0.05) is 24.4 Å². The Hall–Kier alpha value is -2.66. The van der Waals surface area contributed by atoms with Crippen LogP contribution < -0.4 is 11.1 Å². The molecule has 0 aliphatic rings. The number of nitrogens with one attached hydrogen (secondary N) is 1. The van der Waals surface area contributed by atoms with Gasteiger partial charge in [0.15, 0.2) is 0 Å². The molecule has 0 saturated heterocycles. The van der Waals surface area contributed by atoms with E-state index in [9.17, 15) is 4.79 Å². The minimum Gasteiger partial charge on any atom is -0.330 e. The maximum atomic E-state index is 11.8. The zero-order chi connectivity index (χ0) is 17.1. The number of nitrogens with two attached hydrogens (primary N) is 1. The highest BCUT2D eigenvalue weighted by Crippen LogP contribution is 2.23. The molecule has 1 amide bonds. The summed E-state index contributed by atoms with van der Waals surface area (Å²) in [5.41, 5.74) is 11.6. The summed E-state index contributed by atoms with van der Waals surface area (Å²) in [6.07, 6.45) is 4.99. The number of pyridine rings is 1. The molecule has 0 atom stereocenters. The second-order valence-corrected chi connectivity index (χ2v) is 6.05. The van der Waals surface area contributed by atoms with Crippen LogP contribution in [0.4, 0.5) is 5.69 Å². The fourth-order valence-corrected chi connectivity index (χ4v) is 2.59. The number of amides is 1. The van der Waals surface area contributed by atoms with Crippen LogP contribution in [0.3, 0.4) is 0 Å². The van der Waals surface area contributed by atoms with E-state index >= 15 is 0 Å². The number of hydrogen-bond donors (Lipinski definition) is 2. The monoisotopic (exact) mass is 322 g/mol. The van der Waals surface area contributed by atoms with Crippen LogP contribution in [0.2, 0.25) is 0 Å². The SMILES string of the molecule is Cc1ccc(-c2cn3cc(NC(=O)CCCN)ccc3n2)cc1C. The van der Waals surface area contributed by atoms with Crippen molar-refractivity contribution >= 4 is 17.2 Å². The van der Waals surface area contributed by atoms with Gasteiger partial charge >= 0.3 is 0 Å². The Kier molecular flexibility index (Phi) is 4.62.